The van der Waals surface area contributed by atoms with Crippen molar-refractivity contribution in [1.29, 1.82) is 0 Å². The van der Waals surface area contributed by atoms with Crippen molar-refractivity contribution in [3.63, 3.8) is 0 Å². The lowest BCUT2D eigenvalue weighted by atomic mass is 10.1. The van der Waals surface area contributed by atoms with Crippen LogP contribution < -0.4 is 5.32 Å². The molecule has 2 rings (SSSR count). The maximum Gasteiger partial charge on any atom is 0.255 e. The van der Waals surface area contributed by atoms with E-state index in [9.17, 15) is 9.90 Å². The lowest BCUT2D eigenvalue weighted by Crippen LogP contribution is -2.38. The molecule has 4 heteroatoms. The molecule has 0 aliphatic heterocycles. The summed E-state index contributed by atoms with van der Waals surface area (Å²) in [5.41, 5.74) is 0.325. The van der Waals surface area contributed by atoms with E-state index in [0.717, 1.165) is 23.9 Å². The number of hydrogen-bond donors (Lipinski definition) is 2. The molecule has 0 radical (unpaired) electrons. The number of rotatable bonds is 6. The molecule has 0 atom stereocenters. The van der Waals surface area contributed by atoms with Gasteiger partial charge in [0.2, 0.25) is 0 Å². The van der Waals surface area contributed by atoms with Crippen molar-refractivity contribution in [3.8, 4) is 5.75 Å². The van der Waals surface area contributed by atoms with Crippen molar-refractivity contribution in [3.05, 3.63) is 42.0 Å². The summed E-state index contributed by atoms with van der Waals surface area (Å²) in [6, 6.07) is 11.5. The van der Waals surface area contributed by atoms with E-state index >= 15 is 0 Å². The van der Waals surface area contributed by atoms with E-state index in [1.807, 2.05) is 24.3 Å². The van der Waals surface area contributed by atoms with Gasteiger partial charge in [0.1, 0.15) is 5.75 Å². The fourth-order valence-corrected chi connectivity index (χ4v) is 2.60. The molecule has 0 saturated heterocycles. The van der Waals surface area contributed by atoms with Crippen molar-refractivity contribution in [2.75, 3.05) is 19.6 Å². The minimum atomic E-state index is -0.233. The van der Waals surface area contributed by atoms with Crippen LogP contribution >= 0.6 is 0 Å². The fraction of sp³-hybridized carbons (Fsp3) is 0.389. The molecule has 1 amide bonds. The zero-order valence-electron chi connectivity index (χ0n) is 13.5. The SMILES string of the molecule is CCN(CCNC(=O)c1cc2ccccc2cc1O)C(C)C. The Balaban J connectivity index is 2.05. The molecular weight excluding hydrogens is 276 g/mol. The zero-order chi connectivity index (χ0) is 16.1. The molecule has 0 unspecified atom stereocenters. The molecule has 0 heterocycles. The maximum absolute atomic E-state index is 12.3. The highest BCUT2D eigenvalue weighted by atomic mass is 16.3. The molecule has 0 aromatic heterocycles. The predicted molar refractivity (Wildman–Crippen MR) is 90.3 cm³/mol. The highest BCUT2D eigenvalue weighted by Gasteiger charge is 2.13. The van der Waals surface area contributed by atoms with Gasteiger partial charge in [0, 0.05) is 19.1 Å². The normalized spacial score (nSPS) is 11.3. The molecule has 2 N–H and O–H groups in total. The van der Waals surface area contributed by atoms with E-state index in [2.05, 4.69) is 31.0 Å². The number of phenols is 1. The Hall–Kier alpha value is -2.07. The Labute approximate surface area is 131 Å². The van der Waals surface area contributed by atoms with Gasteiger partial charge in [-0.2, -0.15) is 0 Å². The van der Waals surface area contributed by atoms with E-state index in [-0.39, 0.29) is 11.7 Å². The summed E-state index contributed by atoms with van der Waals surface area (Å²) in [7, 11) is 0. The summed E-state index contributed by atoms with van der Waals surface area (Å²) < 4.78 is 0. The zero-order valence-corrected chi connectivity index (χ0v) is 13.5. The van der Waals surface area contributed by atoms with Crippen LogP contribution in [0.15, 0.2) is 36.4 Å². The van der Waals surface area contributed by atoms with E-state index in [1.54, 1.807) is 12.1 Å². The Bertz CT molecular complexity index is 653. The van der Waals surface area contributed by atoms with Gasteiger partial charge in [-0.3, -0.25) is 9.69 Å². The summed E-state index contributed by atoms with van der Waals surface area (Å²) in [6.07, 6.45) is 0. The van der Waals surface area contributed by atoms with Gasteiger partial charge in [-0.1, -0.05) is 31.2 Å². The minimum absolute atomic E-state index is 0.0207. The molecule has 2 aromatic carbocycles. The Kier molecular flexibility index (Phi) is 5.39. The number of carbonyl (C=O) groups is 1. The summed E-state index contributed by atoms with van der Waals surface area (Å²) in [5.74, 6) is -0.213. The standard InChI is InChI=1S/C18H24N2O2/c1-4-20(13(2)3)10-9-19-18(22)16-11-14-7-5-6-8-15(14)12-17(16)21/h5-8,11-13,21H,4,9-10H2,1-3H3,(H,19,22). The molecule has 0 aliphatic rings. The lowest BCUT2D eigenvalue weighted by Gasteiger charge is -2.24. The van der Waals surface area contributed by atoms with E-state index in [4.69, 9.17) is 0 Å². The third-order valence-electron chi connectivity index (χ3n) is 3.93. The molecule has 2 aromatic rings. The molecule has 0 saturated carbocycles. The minimum Gasteiger partial charge on any atom is -0.507 e. The Morgan fingerprint density at radius 2 is 1.86 bits per heavy atom. The number of hydrogen-bond acceptors (Lipinski definition) is 3. The molecule has 0 spiro atoms. The van der Waals surface area contributed by atoms with Crippen LogP contribution in [0.4, 0.5) is 0 Å². The first-order chi connectivity index (χ1) is 10.5. The van der Waals surface area contributed by atoms with Gasteiger partial charge in [-0.25, -0.2) is 0 Å². The van der Waals surface area contributed by atoms with Crippen LogP contribution in [0.5, 0.6) is 5.75 Å². The Morgan fingerprint density at radius 3 is 2.45 bits per heavy atom. The van der Waals surface area contributed by atoms with Crippen molar-refractivity contribution in [2.24, 2.45) is 0 Å². The molecule has 118 valence electrons. The highest BCUT2D eigenvalue weighted by molar-refractivity contribution is 6.01. The lowest BCUT2D eigenvalue weighted by molar-refractivity contribution is 0.0943. The van der Waals surface area contributed by atoms with Gasteiger partial charge in [-0.15, -0.1) is 0 Å². The second-order valence-corrected chi connectivity index (χ2v) is 5.69. The van der Waals surface area contributed by atoms with Crippen LogP contribution in [-0.2, 0) is 0 Å². The smallest absolute Gasteiger partial charge is 0.255 e. The second-order valence-electron chi connectivity index (χ2n) is 5.69. The van der Waals surface area contributed by atoms with E-state index < -0.39 is 0 Å². The molecule has 4 nitrogen and oxygen atoms in total. The number of phenolic OH excluding ortho intramolecular Hbond substituents is 1. The number of amides is 1. The van der Waals surface area contributed by atoms with Crippen molar-refractivity contribution < 1.29 is 9.90 Å². The van der Waals surface area contributed by atoms with Gasteiger partial charge in [0.25, 0.3) is 5.91 Å². The fourth-order valence-electron chi connectivity index (χ4n) is 2.60. The summed E-state index contributed by atoms with van der Waals surface area (Å²) >= 11 is 0. The van der Waals surface area contributed by atoms with Crippen LogP contribution in [0.3, 0.4) is 0 Å². The average Bonchev–Trinajstić information content (AvgIpc) is 2.50. The van der Waals surface area contributed by atoms with Gasteiger partial charge in [-0.05, 0) is 43.3 Å². The van der Waals surface area contributed by atoms with Gasteiger partial charge in [0.15, 0.2) is 0 Å². The van der Waals surface area contributed by atoms with Gasteiger partial charge in [0.05, 0.1) is 5.56 Å². The van der Waals surface area contributed by atoms with Gasteiger partial charge < -0.3 is 10.4 Å². The summed E-state index contributed by atoms with van der Waals surface area (Å²) in [6.45, 7) is 8.71. The van der Waals surface area contributed by atoms with Crippen molar-refractivity contribution in [2.45, 2.75) is 26.8 Å². The maximum atomic E-state index is 12.3. The first-order valence-corrected chi connectivity index (χ1v) is 7.77. The highest BCUT2D eigenvalue weighted by Crippen LogP contribution is 2.24. The van der Waals surface area contributed by atoms with E-state index in [0.29, 0.717) is 18.2 Å². The van der Waals surface area contributed by atoms with Crippen LogP contribution in [0.1, 0.15) is 31.1 Å². The number of carbonyl (C=O) groups excluding carboxylic acids is 1. The molecular formula is C18H24N2O2. The first kappa shape index (κ1) is 16.3. The van der Waals surface area contributed by atoms with Crippen LogP contribution in [-0.4, -0.2) is 41.6 Å². The number of nitrogens with zero attached hydrogens (tertiary/aromatic N) is 1. The molecule has 0 aliphatic carbocycles. The van der Waals surface area contributed by atoms with Crippen LogP contribution in [0.2, 0.25) is 0 Å². The molecule has 0 bridgehead atoms. The number of likely N-dealkylation sites (N-methyl/N-ethyl adjacent to an activating group) is 1. The first-order valence-electron chi connectivity index (χ1n) is 7.77. The third-order valence-corrected chi connectivity index (χ3v) is 3.93. The van der Waals surface area contributed by atoms with Crippen LogP contribution in [0, 0.1) is 0 Å². The van der Waals surface area contributed by atoms with Crippen LogP contribution in [0.25, 0.3) is 10.8 Å². The Morgan fingerprint density at radius 1 is 1.23 bits per heavy atom. The monoisotopic (exact) mass is 300 g/mol. The largest absolute Gasteiger partial charge is 0.507 e. The molecule has 22 heavy (non-hydrogen) atoms. The quantitative estimate of drug-likeness (QED) is 0.862. The second kappa shape index (κ2) is 7.27. The van der Waals surface area contributed by atoms with Crippen molar-refractivity contribution in [1.82, 2.24) is 10.2 Å². The third kappa shape index (κ3) is 3.77. The number of aromatic hydroxyl groups is 1. The predicted octanol–water partition coefficient (Wildman–Crippen LogP) is 3.01. The summed E-state index contributed by atoms with van der Waals surface area (Å²) in [4.78, 5) is 14.5. The molecule has 0 fully saturated rings. The van der Waals surface area contributed by atoms with E-state index in [1.165, 1.54) is 0 Å². The topological polar surface area (TPSA) is 52.6 Å². The number of benzene rings is 2. The average molecular weight is 300 g/mol. The van der Waals surface area contributed by atoms with Crippen molar-refractivity contribution >= 4 is 16.7 Å². The number of nitrogens with one attached hydrogen (secondary N) is 1. The van der Waals surface area contributed by atoms with Gasteiger partial charge >= 0.3 is 0 Å². The number of fused-ring (bicyclic) bond motifs is 1. The summed E-state index contributed by atoms with van der Waals surface area (Å²) in [5, 5.41) is 14.8.